The summed E-state index contributed by atoms with van der Waals surface area (Å²) in [6.45, 7) is 4.15. The van der Waals surface area contributed by atoms with Crippen molar-refractivity contribution in [2.45, 2.75) is 154 Å². The lowest BCUT2D eigenvalue weighted by Crippen LogP contribution is -2.47. The van der Waals surface area contributed by atoms with E-state index >= 15 is 0 Å². The normalized spacial score (nSPS) is 21.1. The molecule has 0 aromatic rings. The SMILES string of the molecule is CCCCCC[C@H](F)C(=O)OC1(OC(=O)[C@@H](F)CCCCCC)CCC(C2CCCCC2)CC1. The Hall–Kier alpha value is -1.20. The molecule has 2 aliphatic carbocycles. The molecule has 0 spiro atoms. The van der Waals surface area contributed by atoms with Crippen LogP contribution in [0.15, 0.2) is 0 Å². The van der Waals surface area contributed by atoms with Crippen molar-refractivity contribution in [3.8, 4) is 0 Å². The molecule has 0 heterocycles. The standard InChI is InChI=1S/C28H48F2O4/c1-3-5-7-12-16-24(29)26(31)33-28(34-27(32)25(30)17-13-8-6-4-2)20-18-23(19-21-28)22-14-10-9-11-15-22/h22-25H,3-21H2,1-2H3/t24-,25-/m0/s1. The van der Waals surface area contributed by atoms with Crippen LogP contribution in [0.4, 0.5) is 8.78 Å². The summed E-state index contributed by atoms with van der Waals surface area (Å²) < 4.78 is 40.3. The highest BCUT2D eigenvalue weighted by Crippen LogP contribution is 2.43. The number of hydrogen-bond acceptors (Lipinski definition) is 4. The maximum atomic E-state index is 14.6. The minimum Gasteiger partial charge on any atom is -0.420 e. The van der Waals surface area contributed by atoms with Gasteiger partial charge in [-0.15, -0.1) is 0 Å². The van der Waals surface area contributed by atoms with E-state index in [1.54, 1.807) is 0 Å². The van der Waals surface area contributed by atoms with Crippen molar-refractivity contribution in [2.24, 2.45) is 11.8 Å². The highest BCUT2D eigenvalue weighted by Gasteiger charge is 2.46. The second kappa shape index (κ2) is 15.7. The van der Waals surface area contributed by atoms with Gasteiger partial charge in [-0.05, 0) is 50.4 Å². The molecule has 6 heteroatoms. The Labute approximate surface area is 205 Å². The summed E-state index contributed by atoms with van der Waals surface area (Å²) in [6, 6.07) is 0. The molecule has 2 aliphatic rings. The number of unbranched alkanes of at least 4 members (excludes halogenated alkanes) is 6. The predicted octanol–water partition coefficient (Wildman–Crippen LogP) is 8.16. The van der Waals surface area contributed by atoms with E-state index in [4.69, 9.17) is 9.47 Å². The molecule has 2 atom stereocenters. The maximum Gasteiger partial charge on any atom is 0.343 e. The summed E-state index contributed by atoms with van der Waals surface area (Å²) in [7, 11) is 0. The van der Waals surface area contributed by atoms with Gasteiger partial charge in [0.05, 0.1) is 0 Å². The lowest BCUT2D eigenvalue weighted by Gasteiger charge is -2.42. The van der Waals surface area contributed by atoms with Gasteiger partial charge in [-0.25, -0.2) is 18.4 Å². The average Bonchev–Trinajstić information content (AvgIpc) is 2.85. The summed E-state index contributed by atoms with van der Waals surface area (Å²) in [5, 5.41) is 0. The Bertz CT molecular complexity index is 549. The van der Waals surface area contributed by atoms with Crippen molar-refractivity contribution < 1.29 is 27.8 Å². The smallest absolute Gasteiger partial charge is 0.343 e. The van der Waals surface area contributed by atoms with Crippen molar-refractivity contribution in [2.75, 3.05) is 0 Å². The molecule has 0 N–H and O–H groups in total. The molecule has 0 bridgehead atoms. The van der Waals surface area contributed by atoms with Gasteiger partial charge in [0, 0.05) is 12.8 Å². The third-order valence-corrected chi connectivity index (χ3v) is 7.82. The first-order chi connectivity index (χ1) is 16.4. The zero-order valence-electron chi connectivity index (χ0n) is 21.6. The van der Waals surface area contributed by atoms with Crippen molar-refractivity contribution in [3.63, 3.8) is 0 Å². The van der Waals surface area contributed by atoms with E-state index in [0.29, 0.717) is 37.5 Å². The van der Waals surface area contributed by atoms with Gasteiger partial charge in [-0.3, -0.25) is 0 Å². The number of ether oxygens (including phenoxy) is 2. The highest BCUT2D eigenvalue weighted by molar-refractivity contribution is 5.77. The third kappa shape index (κ3) is 9.81. The Balaban J connectivity index is 1.97. The summed E-state index contributed by atoms with van der Waals surface area (Å²) in [5.41, 5.74) is 0. The van der Waals surface area contributed by atoms with Gasteiger partial charge in [0.1, 0.15) is 0 Å². The first-order valence-corrected chi connectivity index (χ1v) is 14.1. The maximum absolute atomic E-state index is 14.6. The van der Waals surface area contributed by atoms with E-state index in [0.717, 1.165) is 51.4 Å². The molecule has 2 saturated carbocycles. The third-order valence-electron chi connectivity index (χ3n) is 7.82. The monoisotopic (exact) mass is 486 g/mol. The molecule has 2 fully saturated rings. The lowest BCUT2D eigenvalue weighted by molar-refractivity contribution is -0.248. The van der Waals surface area contributed by atoms with Crippen LogP contribution in [-0.4, -0.2) is 30.1 Å². The van der Waals surface area contributed by atoms with Gasteiger partial charge in [0.15, 0.2) is 12.3 Å². The molecule has 4 nitrogen and oxygen atoms in total. The Morgan fingerprint density at radius 2 is 1.15 bits per heavy atom. The number of halogens is 2. The lowest BCUT2D eigenvalue weighted by atomic mass is 9.72. The number of hydrogen-bond donors (Lipinski definition) is 0. The molecule has 0 saturated heterocycles. The van der Waals surface area contributed by atoms with Gasteiger partial charge in [-0.1, -0.05) is 84.5 Å². The number of esters is 2. The molecule has 198 valence electrons. The van der Waals surface area contributed by atoms with E-state index in [2.05, 4.69) is 13.8 Å². The predicted molar refractivity (Wildman–Crippen MR) is 131 cm³/mol. The first kappa shape index (κ1) is 29.0. The van der Waals surface area contributed by atoms with Crippen LogP contribution in [0, 0.1) is 11.8 Å². The highest BCUT2D eigenvalue weighted by atomic mass is 19.1. The van der Waals surface area contributed by atoms with Crippen molar-refractivity contribution >= 4 is 11.9 Å². The van der Waals surface area contributed by atoms with Crippen LogP contribution in [0.2, 0.25) is 0 Å². The van der Waals surface area contributed by atoms with Gasteiger partial charge in [0.2, 0.25) is 0 Å². The topological polar surface area (TPSA) is 52.6 Å². The van der Waals surface area contributed by atoms with Crippen LogP contribution in [0.25, 0.3) is 0 Å². The summed E-state index contributed by atoms with van der Waals surface area (Å²) in [5.74, 6) is -2.33. The molecule has 0 unspecified atom stereocenters. The van der Waals surface area contributed by atoms with E-state index in [9.17, 15) is 18.4 Å². The summed E-state index contributed by atoms with van der Waals surface area (Å²) >= 11 is 0. The van der Waals surface area contributed by atoms with Crippen LogP contribution in [0.5, 0.6) is 0 Å². The second-order valence-electron chi connectivity index (χ2n) is 10.6. The van der Waals surface area contributed by atoms with Crippen LogP contribution in [0.1, 0.15) is 136 Å². The Morgan fingerprint density at radius 1 is 0.706 bits per heavy atom. The number of rotatable bonds is 15. The fourth-order valence-electron chi connectivity index (χ4n) is 5.61. The number of alkyl halides is 2. The van der Waals surface area contributed by atoms with Gasteiger partial charge >= 0.3 is 11.9 Å². The Kier molecular flexibility index (Phi) is 13.4. The van der Waals surface area contributed by atoms with Crippen LogP contribution < -0.4 is 0 Å². The molecule has 34 heavy (non-hydrogen) atoms. The van der Waals surface area contributed by atoms with Crippen molar-refractivity contribution in [3.05, 3.63) is 0 Å². The molecule has 2 rings (SSSR count). The van der Waals surface area contributed by atoms with E-state index in [1.165, 1.54) is 32.1 Å². The zero-order chi connectivity index (χ0) is 24.8. The van der Waals surface area contributed by atoms with E-state index in [-0.39, 0.29) is 12.8 Å². The van der Waals surface area contributed by atoms with Crippen LogP contribution in [0.3, 0.4) is 0 Å². The molecular formula is C28H48F2O4. The largest absolute Gasteiger partial charge is 0.420 e. The Morgan fingerprint density at radius 3 is 1.59 bits per heavy atom. The zero-order valence-corrected chi connectivity index (χ0v) is 21.6. The van der Waals surface area contributed by atoms with E-state index in [1.807, 2.05) is 0 Å². The molecule has 0 aromatic heterocycles. The number of carbonyl (C=O) groups is 2. The van der Waals surface area contributed by atoms with Crippen LogP contribution >= 0.6 is 0 Å². The quantitative estimate of drug-likeness (QED) is 0.133. The fourth-order valence-corrected chi connectivity index (χ4v) is 5.61. The molecule has 0 amide bonds. The van der Waals surface area contributed by atoms with Gasteiger partial charge in [0.25, 0.3) is 5.79 Å². The summed E-state index contributed by atoms with van der Waals surface area (Å²) in [6.07, 6.45) is 12.2. The van der Waals surface area contributed by atoms with Gasteiger partial charge in [-0.2, -0.15) is 0 Å². The number of carbonyl (C=O) groups excluding carboxylic acids is 2. The van der Waals surface area contributed by atoms with Crippen molar-refractivity contribution in [1.29, 1.82) is 0 Å². The van der Waals surface area contributed by atoms with Gasteiger partial charge < -0.3 is 9.47 Å². The van der Waals surface area contributed by atoms with Crippen LogP contribution in [-0.2, 0) is 19.1 Å². The minimum atomic E-state index is -1.74. The molecule has 0 radical (unpaired) electrons. The second-order valence-corrected chi connectivity index (χ2v) is 10.6. The molecule has 0 aliphatic heterocycles. The minimum absolute atomic E-state index is 0.108. The summed E-state index contributed by atoms with van der Waals surface area (Å²) in [4.78, 5) is 25.2. The first-order valence-electron chi connectivity index (χ1n) is 14.1. The fraction of sp³-hybridized carbons (Fsp3) is 0.929. The van der Waals surface area contributed by atoms with E-state index < -0.39 is 30.1 Å². The molecular weight excluding hydrogens is 438 g/mol. The molecule has 0 aromatic carbocycles. The van der Waals surface area contributed by atoms with Crippen molar-refractivity contribution in [1.82, 2.24) is 0 Å². The average molecular weight is 487 g/mol.